The molecular weight excluding hydrogens is 184 g/mol. The second kappa shape index (κ2) is 2.18. The predicted molar refractivity (Wildman–Crippen MR) is 51.9 cm³/mol. The summed E-state index contributed by atoms with van der Waals surface area (Å²) in [7, 11) is 1.55. The summed E-state index contributed by atoms with van der Waals surface area (Å²) in [5, 5.41) is 0. The maximum absolute atomic E-state index is 1.86. The van der Waals surface area contributed by atoms with Crippen molar-refractivity contribution in [2.24, 2.45) is 0 Å². The lowest BCUT2D eigenvalue weighted by Gasteiger charge is -2.46. The van der Waals surface area contributed by atoms with Crippen LogP contribution in [-0.2, 0) is 0 Å². The maximum Gasteiger partial charge on any atom is 0.0387 e. The van der Waals surface area contributed by atoms with Gasteiger partial charge >= 0.3 is 0 Å². The molecule has 52 valence electrons. The number of hydrogen-bond acceptors (Lipinski definition) is 0. The van der Waals surface area contributed by atoms with Crippen molar-refractivity contribution in [2.75, 3.05) is 0 Å². The van der Waals surface area contributed by atoms with Crippen LogP contribution in [0, 0.1) is 0 Å². The Morgan fingerprint density at radius 2 is 0.600 bits per heavy atom. The molecule has 0 aromatic rings. The average molecular weight is 197 g/mol. The summed E-state index contributed by atoms with van der Waals surface area (Å²) >= 11 is 0. The minimum absolute atomic E-state index is 0.388. The van der Waals surface area contributed by atoms with Gasteiger partial charge in [0.15, 0.2) is 0 Å². The van der Waals surface area contributed by atoms with Crippen molar-refractivity contribution in [2.45, 2.75) is 34.0 Å². The monoisotopic (exact) mass is 196 g/mol. The van der Waals surface area contributed by atoms with E-state index in [-0.39, 0.29) is 0 Å². The van der Waals surface area contributed by atoms with Gasteiger partial charge in [-0.2, -0.15) is 0 Å². The fourth-order valence-electron chi connectivity index (χ4n) is 2.87. The standard InChI is InChI=1S/C6H12Si4/c1-7-2-9-4-8(1)5-10(3-7)6-9/h1-6H2. The molecule has 4 radical (unpaired) electrons. The second-order valence-corrected chi connectivity index (χ2v) is 18.5. The SMILES string of the molecule is C1[Si]2C[Si]3C[Si]1C[Si](C2)C3. The molecule has 4 heterocycles. The molecule has 0 nitrogen and oxygen atoms in total. The summed E-state index contributed by atoms with van der Waals surface area (Å²) in [6.07, 6.45) is 0. The van der Waals surface area contributed by atoms with Crippen LogP contribution in [0.4, 0.5) is 0 Å². The van der Waals surface area contributed by atoms with E-state index in [9.17, 15) is 0 Å². The molecule has 0 aromatic carbocycles. The van der Waals surface area contributed by atoms with E-state index in [4.69, 9.17) is 0 Å². The van der Waals surface area contributed by atoms with Crippen LogP contribution < -0.4 is 0 Å². The lowest BCUT2D eigenvalue weighted by Crippen LogP contribution is -2.55. The smallest absolute Gasteiger partial charge is 0.0387 e. The lowest BCUT2D eigenvalue weighted by atomic mass is 11.7. The molecule has 0 N–H and O–H groups in total. The largest absolute Gasteiger partial charge is 0.0655 e. The van der Waals surface area contributed by atoms with Crippen LogP contribution in [0.25, 0.3) is 0 Å². The van der Waals surface area contributed by atoms with Gasteiger partial charge in [0, 0.05) is 35.2 Å². The van der Waals surface area contributed by atoms with Gasteiger partial charge in [-0.25, -0.2) is 0 Å². The Balaban J connectivity index is 1.90. The number of hydrogen-bond donors (Lipinski definition) is 0. The first-order valence-corrected chi connectivity index (χ1v) is 12.7. The molecule has 4 heteroatoms. The zero-order chi connectivity index (χ0) is 6.55. The molecule has 0 aromatic heterocycles. The number of rotatable bonds is 0. The van der Waals surface area contributed by atoms with E-state index in [0.717, 1.165) is 0 Å². The van der Waals surface area contributed by atoms with E-state index in [2.05, 4.69) is 0 Å². The van der Waals surface area contributed by atoms with Crippen LogP contribution in [-0.4, -0.2) is 35.2 Å². The first-order valence-electron chi connectivity index (χ1n) is 4.24. The molecule has 0 unspecified atom stereocenters. The van der Waals surface area contributed by atoms with Crippen LogP contribution in [0.15, 0.2) is 0 Å². The molecule has 10 heavy (non-hydrogen) atoms. The highest BCUT2D eigenvalue weighted by Gasteiger charge is 2.44. The van der Waals surface area contributed by atoms with Crippen LogP contribution >= 0.6 is 0 Å². The normalized spacial score (nSPS) is 36.0. The minimum atomic E-state index is 0.388. The van der Waals surface area contributed by atoms with Crippen molar-refractivity contribution in [1.82, 2.24) is 0 Å². The minimum Gasteiger partial charge on any atom is -0.0655 e. The zero-order valence-corrected chi connectivity index (χ0v) is 10.2. The molecule has 0 atom stereocenters. The molecule has 0 amide bonds. The van der Waals surface area contributed by atoms with Gasteiger partial charge in [0.1, 0.15) is 0 Å². The van der Waals surface area contributed by atoms with Gasteiger partial charge in [0.2, 0.25) is 0 Å². The summed E-state index contributed by atoms with van der Waals surface area (Å²) in [6, 6.07) is 0. The van der Waals surface area contributed by atoms with Crippen molar-refractivity contribution in [3.8, 4) is 0 Å². The first kappa shape index (κ1) is 6.39. The molecule has 4 aliphatic rings. The Bertz CT molecular complexity index is 101. The van der Waals surface area contributed by atoms with Crippen molar-refractivity contribution in [1.29, 1.82) is 0 Å². The third kappa shape index (κ3) is 0.888. The van der Waals surface area contributed by atoms with Crippen LogP contribution in [0.2, 0.25) is 34.0 Å². The fourth-order valence-corrected chi connectivity index (χ4v) is 39.3. The van der Waals surface area contributed by atoms with Gasteiger partial charge < -0.3 is 0 Å². The van der Waals surface area contributed by atoms with E-state index in [1.165, 1.54) is 0 Å². The third-order valence-corrected chi connectivity index (χ3v) is 27.0. The Labute approximate surface area is 69.5 Å². The highest BCUT2D eigenvalue weighted by atomic mass is 28.5. The topological polar surface area (TPSA) is 0 Å². The van der Waals surface area contributed by atoms with Gasteiger partial charge in [0.05, 0.1) is 0 Å². The highest BCUT2D eigenvalue weighted by molar-refractivity contribution is 7.12. The van der Waals surface area contributed by atoms with E-state index in [1.54, 1.807) is 0 Å². The van der Waals surface area contributed by atoms with Crippen molar-refractivity contribution >= 4 is 35.2 Å². The van der Waals surface area contributed by atoms with Gasteiger partial charge in [-0.3, -0.25) is 0 Å². The predicted octanol–water partition coefficient (Wildman–Crippen LogP) is 1.24. The van der Waals surface area contributed by atoms with Crippen molar-refractivity contribution < 1.29 is 0 Å². The molecular formula is C6H12Si4. The summed E-state index contributed by atoms with van der Waals surface area (Å²) in [5.74, 6) is 0. The molecule has 0 spiro atoms. The van der Waals surface area contributed by atoms with Gasteiger partial charge in [-0.15, -0.1) is 0 Å². The molecule has 4 fully saturated rings. The lowest BCUT2D eigenvalue weighted by molar-refractivity contribution is 1.34. The zero-order valence-electron chi connectivity index (χ0n) is 6.24. The Morgan fingerprint density at radius 1 is 0.400 bits per heavy atom. The van der Waals surface area contributed by atoms with Gasteiger partial charge in [-0.1, -0.05) is 34.0 Å². The quantitative estimate of drug-likeness (QED) is 0.512. The first-order chi connectivity index (χ1) is 4.90. The van der Waals surface area contributed by atoms with E-state index in [0.29, 0.717) is 35.2 Å². The van der Waals surface area contributed by atoms with Crippen LogP contribution in [0.1, 0.15) is 0 Å². The average Bonchev–Trinajstić information content (AvgIpc) is 1.82. The molecule has 0 saturated carbocycles. The maximum atomic E-state index is 1.86. The molecule has 4 rings (SSSR count). The summed E-state index contributed by atoms with van der Waals surface area (Å²) in [6.45, 7) is 0. The van der Waals surface area contributed by atoms with Gasteiger partial charge in [-0.05, 0) is 0 Å². The summed E-state index contributed by atoms with van der Waals surface area (Å²) in [4.78, 5) is 0. The fraction of sp³-hybridized carbons (Fsp3) is 1.00. The highest BCUT2D eigenvalue weighted by Crippen LogP contribution is 2.39. The molecule has 4 saturated heterocycles. The summed E-state index contributed by atoms with van der Waals surface area (Å²) in [5.41, 5.74) is 11.2. The van der Waals surface area contributed by atoms with Crippen molar-refractivity contribution in [3.63, 3.8) is 0 Å². The Hall–Kier alpha value is 0.868. The van der Waals surface area contributed by atoms with Crippen LogP contribution in [0.5, 0.6) is 0 Å². The molecule has 4 bridgehead atoms. The Kier molecular flexibility index (Phi) is 1.39. The molecule has 0 aliphatic carbocycles. The van der Waals surface area contributed by atoms with E-state index < -0.39 is 0 Å². The Morgan fingerprint density at radius 3 is 0.800 bits per heavy atom. The van der Waals surface area contributed by atoms with Crippen molar-refractivity contribution in [3.05, 3.63) is 0 Å². The summed E-state index contributed by atoms with van der Waals surface area (Å²) < 4.78 is 0. The molecule has 4 aliphatic heterocycles. The third-order valence-electron chi connectivity index (χ3n) is 3.00. The van der Waals surface area contributed by atoms with E-state index >= 15 is 0 Å². The van der Waals surface area contributed by atoms with Crippen LogP contribution in [0.3, 0.4) is 0 Å². The second-order valence-electron chi connectivity index (χ2n) is 4.06. The van der Waals surface area contributed by atoms with E-state index in [1.807, 2.05) is 34.0 Å². The van der Waals surface area contributed by atoms with Gasteiger partial charge in [0.25, 0.3) is 0 Å².